The zero-order valence-electron chi connectivity index (χ0n) is 15.6. The van der Waals surface area contributed by atoms with E-state index >= 15 is 0 Å². The second-order valence-electron chi connectivity index (χ2n) is 6.23. The highest BCUT2D eigenvalue weighted by Crippen LogP contribution is 2.12. The summed E-state index contributed by atoms with van der Waals surface area (Å²) in [5, 5.41) is 3.15. The highest BCUT2D eigenvalue weighted by Gasteiger charge is 2.20. The summed E-state index contributed by atoms with van der Waals surface area (Å²) in [6, 6.07) is 5.81. The van der Waals surface area contributed by atoms with Crippen LogP contribution in [0.2, 0.25) is 0 Å². The van der Waals surface area contributed by atoms with Crippen molar-refractivity contribution in [1.29, 1.82) is 0 Å². The van der Waals surface area contributed by atoms with E-state index in [-0.39, 0.29) is 35.8 Å². The normalized spacial score (nSPS) is 15.8. The third-order valence-electron chi connectivity index (χ3n) is 3.83. The number of halogens is 1. The number of rotatable bonds is 6. The van der Waals surface area contributed by atoms with Crippen molar-refractivity contribution in [2.24, 2.45) is 4.99 Å². The Morgan fingerprint density at radius 1 is 1.27 bits per heavy atom. The third-order valence-corrected chi connectivity index (χ3v) is 5.41. The number of nitrogens with one attached hydrogen (secondary N) is 2. The van der Waals surface area contributed by atoms with Crippen LogP contribution < -0.4 is 14.9 Å². The summed E-state index contributed by atoms with van der Waals surface area (Å²) in [6.07, 6.45) is 1.80. The molecule has 1 aromatic rings. The van der Waals surface area contributed by atoms with E-state index in [0.717, 1.165) is 38.0 Å². The lowest BCUT2D eigenvalue weighted by Crippen LogP contribution is -2.53. The molecule has 1 aromatic heterocycles. The first-order valence-electron chi connectivity index (χ1n) is 8.53. The average Bonchev–Trinajstić information content (AvgIpc) is 2.58. The van der Waals surface area contributed by atoms with Crippen molar-refractivity contribution in [2.75, 3.05) is 50.4 Å². The van der Waals surface area contributed by atoms with Gasteiger partial charge in [-0.05, 0) is 26.0 Å². The van der Waals surface area contributed by atoms with E-state index in [1.165, 1.54) is 0 Å². The SMILES string of the molecule is CN=C(NCCS(=O)(=O)NC(C)C)N1CCN(c2ccccn2)CC1.I. The number of pyridine rings is 1. The Balaban J connectivity index is 0.00000338. The molecule has 0 amide bonds. The van der Waals surface area contributed by atoms with Crippen LogP contribution in [0.25, 0.3) is 0 Å². The Labute approximate surface area is 173 Å². The lowest BCUT2D eigenvalue weighted by atomic mass is 10.3. The van der Waals surface area contributed by atoms with Crippen molar-refractivity contribution in [3.63, 3.8) is 0 Å². The van der Waals surface area contributed by atoms with Gasteiger partial charge in [-0.2, -0.15) is 0 Å². The first kappa shape index (κ1) is 22.9. The highest BCUT2D eigenvalue weighted by molar-refractivity contribution is 14.0. The van der Waals surface area contributed by atoms with Crippen molar-refractivity contribution < 1.29 is 8.42 Å². The first-order valence-corrected chi connectivity index (χ1v) is 10.2. The molecule has 0 saturated carbocycles. The zero-order valence-corrected chi connectivity index (χ0v) is 18.7. The molecule has 0 unspecified atom stereocenters. The molecule has 0 bridgehead atoms. The maximum Gasteiger partial charge on any atom is 0.213 e. The van der Waals surface area contributed by atoms with Gasteiger partial charge in [-0.15, -0.1) is 24.0 Å². The van der Waals surface area contributed by atoms with Crippen molar-refractivity contribution in [3.05, 3.63) is 24.4 Å². The monoisotopic (exact) mass is 496 g/mol. The summed E-state index contributed by atoms with van der Waals surface area (Å²) >= 11 is 0. The molecule has 0 atom stereocenters. The summed E-state index contributed by atoms with van der Waals surface area (Å²) in [5.41, 5.74) is 0. The van der Waals surface area contributed by atoms with Crippen molar-refractivity contribution in [1.82, 2.24) is 19.9 Å². The van der Waals surface area contributed by atoms with E-state index in [2.05, 4.69) is 29.8 Å². The minimum atomic E-state index is -3.26. The van der Waals surface area contributed by atoms with E-state index < -0.39 is 10.0 Å². The van der Waals surface area contributed by atoms with Crippen LogP contribution in [0.15, 0.2) is 29.4 Å². The fourth-order valence-corrected chi connectivity index (χ4v) is 3.94. The largest absolute Gasteiger partial charge is 0.355 e. The number of sulfonamides is 1. The summed E-state index contributed by atoms with van der Waals surface area (Å²) in [7, 11) is -1.55. The Morgan fingerprint density at radius 2 is 1.96 bits per heavy atom. The number of hydrogen-bond acceptors (Lipinski definition) is 5. The minimum Gasteiger partial charge on any atom is -0.355 e. The summed E-state index contributed by atoms with van der Waals surface area (Å²) in [6.45, 7) is 7.28. The molecule has 1 saturated heterocycles. The fraction of sp³-hybridized carbons (Fsp3) is 0.625. The lowest BCUT2D eigenvalue weighted by molar-refractivity contribution is 0.372. The molecule has 1 aliphatic heterocycles. The molecule has 1 aliphatic rings. The molecule has 0 spiro atoms. The molecule has 0 aliphatic carbocycles. The van der Waals surface area contributed by atoms with Gasteiger partial charge in [0.25, 0.3) is 0 Å². The molecule has 0 radical (unpaired) electrons. The Morgan fingerprint density at radius 3 is 2.50 bits per heavy atom. The molecule has 8 nitrogen and oxygen atoms in total. The number of guanidine groups is 1. The van der Waals surface area contributed by atoms with Crippen LogP contribution in [0.3, 0.4) is 0 Å². The van der Waals surface area contributed by atoms with E-state index in [0.29, 0.717) is 6.54 Å². The predicted octanol–water partition coefficient (Wildman–Crippen LogP) is 0.725. The molecule has 2 rings (SSSR count). The average molecular weight is 496 g/mol. The maximum absolute atomic E-state index is 11.9. The van der Waals surface area contributed by atoms with Crippen molar-refractivity contribution >= 4 is 45.8 Å². The second kappa shape index (κ2) is 10.9. The van der Waals surface area contributed by atoms with E-state index in [4.69, 9.17) is 0 Å². The van der Waals surface area contributed by atoms with E-state index in [9.17, 15) is 8.42 Å². The standard InChI is InChI=1S/C16H28N6O2S.HI/c1-14(2)20-25(23,24)13-8-19-16(17-3)22-11-9-21(10-12-22)15-6-4-5-7-18-15;/h4-7,14,20H,8-13H2,1-3H3,(H,17,19);1H. The Kier molecular flexibility index (Phi) is 9.58. The van der Waals surface area contributed by atoms with Gasteiger partial charge in [-0.1, -0.05) is 6.07 Å². The van der Waals surface area contributed by atoms with Gasteiger partial charge in [0, 0.05) is 52.0 Å². The van der Waals surface area contributed by atoms with Crippen LogP contribution in [0.5, 0.6) is 0 Å². The number of aromatic nitrogens is 1. The number of hydrogen-bond donors (Lipinski definition) is 2. The summed E-state index contributed by atoms with van der Waals surface area (Å²) in [5.74, 6) is 1.74. The third kappa shape index (κ3) is 7.23. The molecular formula is C16H29IN6O2S. The van der Waals surface area contributed by atoms with Crippen molar-refractivity contribution in [3.8, 4) is 0 Å². The van der Waals surface area contributed by atoms with Gasteiger partial charge in [0.1, 0.15) is 5.82 Å². The highest BCUT2D eigenvalue weighted by atomic mass is 127. The van der Waals surface area contributed by atoms with Crippen LogP contribution in [0.4, 0.5) is 5.82 Å². The molecule has 148 valence electrons. The van der Waals surface area contributed by atoms with Crippen LogP contribution in [-0.4, -0.2) is 75.8 Å². The van der Waals surface area contributed by atoms with Crippen LogP contribution in [0.1, 0.15) is 13.8 Å². The number of aliphatic imine (C=N–C) groups is 1. The Hall–Kier alpha value is -1.14. The van der Waals surface area contributed by atoms with Gasteiger partial charge in [-0.25, -0.2) is 18.1 Å². The number of nitrogens with zero attached hydrogens (tertiary/aromatic N) is 4. The second-order valence-corrected chi connectivity index (χ2v) is 8.10. The topological polar surface area (TPSA) is 89.9 Å². The minimum absolute atomic E-state index is 0. The Bertz CT molecular complexity index is 661. The van der Waals surface area contributed by atoms with Gasteiger partial charge >= 0.3 is 0 Å². The first-order chi connectivity index (χ1) is 11.9. The molecule has 0 aromatic carbocycles. The summed E-state index contributed by atoms with van der Waals surface area (Å²) < 4.78 is 26.3. The van der Waals surface area contributed by atoms with Crippen LogP contribution in [0, 0.1) is 0 Å². The molecule has 2 heterocycles. The molecule has 2 N–H and O–H groups in total. The summed E-state index contributed by atoms with van der Waals surface area (Å²) in [4.78, 5) is 13.0. The predicted molar refractivity (Wildman–Crippen MR) is 117 cm³/mol. The van der Waals surface area contributed by atoms with Gasteiger partial charge in [0.2, 0.25) is 10.0 Å². The van der Waals surface area contributed by atoms with E-state index in [1.54, 1.807) is 13.2 Å². The molecule has 1 fully saturated rings. The lowest BCUT2D eigenvalue weighted by Gasteiger charge is -2.37. The fourth-order valence-electron chi connectivity index (χ4n) is 2.74. The van der Waals surface area contributed by atoms with Crippen molar-refractivity contribution in [2.45, 2.75) is 19.9 Å². The zero-order chi connectivity index (χ0) is 18.3. The van der Waals surface area contributed by atoms with Crippen LogP contribution in [-0.2, 0) is 10.0 Å². The molecular weight excluding hydrogens is 467 g/mol. The van der Waals surface area contributed by atoms with Gasteiger partial charge in [0.15, 0.2) is 5.96 Å². The van der Waals surface area contributed by atoms with Gasteiger partial charge < -0.3 is 15.1 Å². The maximum atomic E-state index is 11.9. The molecule has 26 heavy (non-hydrogen) atoms. The number of anilines is 1. The van der Waals surface area contributed by atoms with E-state index in [1.807, 2.05) is 32.0 Å². The quantitative estimate of drug-likeness (QED) is 0.343. The van der Waals surface area contributed by atoms with Crippen LogP contribution >= 0.6 is 24.0 Å². The van der Waals surface area contributed by atoms with Gasteiger partial charge in [0.05, 0.1) is 5.75 Å². The smallest absolute Gasteiger partial charge is 0.213 e. The number of piperazine rings is 1. The van der Waals surface area contributed by atoms with Gasteiger partial charge in [-0.3, -0.25) is 4.99 Å². The molecule has 10 heteroatoms.